The highest BCUT2D eigenvalue weighted by atomic mass is 15.3. The first-order valence-corrected chi connectivity index (χ1v) is 6.10. The van der Waals surface area contributed by atoms with Gasteiger partial charge in [-0.05, 0) is 25.3 Å². The molecule has 1 aliphatic heterocycles. The fourth-order valence-electron chi connectivity index (χ4n) is 2.48. The monoisotopic (exact) mass is 207 g/mol. The third-order valence-corrected chi connectivity index (χ3v) is 3.34. The number of hydrogen-bond acceptors (Lipinski definition) is 2. The van der Waals surface area contributed by atoms with E-state index in [4.69, 9.17) is 0 Å². The first kappa shape index (κ1) is 10.7. The summed E-state index contributed by atoms with van der Waals surface area (Å²) in [6.07, 6.45) is 7.95. The molecule has 2 atom stereocenters. The molecule has 1 N–H and O–H groups in total. The van der Waals surface area contributed by atoms with Crippen molar-refractivity contribution in [1.29, 1.82) is 0 Å². The van der Waals surface area contributed by atoms with Crippen LogP contribution in [0.25, 0.3) is 0 Å². The van der Waals surface area contributed by atoms with Crippen molar-refractivity contribution in [1.82, 2.24) is 15.1 Å². The molecule has 84 valence electrons. The molecule has 1 saturated heterocycles. The summed E-state index contributed by atoms with van der Waals surface area (Å²) in [5.41, 5.74) is 1.37. The van der Waals surface area contributed by atoms with Crippen LogP contribution in [0.5, 0.6) is 0 Å². The Balaban J connectivity index is 2.07. The largest absolute Gasteiger partial charge is 0.310 e. The summed E-state index contributed by atoms with van der Waals surface area (Å²) in [5.74, 6) is 0.796. The Hall–Kier alpha value is -0.830. The van der Waals surface area contributed by atoms with Crippen molar-refractivity contribution in [2.24, 2.45) is 5.92 Å². The van der Waals surface area contributed by atoms with Crippen LogP contribution < -0.4 is 5.32 Å². The fourth-order valence-corrected chi connectivity index (χ4v) is 2.48. The Morgan fingerprint density at radius 3 is 3.13 bits per heavy atom. The van der Waals surface area contributed by atoms with Gasteiger partial charge in [0.2, 0.25) is 0 Å². The van der Waals surface area contributed by atoms with Gasteiger partial charge in [0.05, 0.1) is 6.20 Å². The highest BCUT2D eigenvalue weighted by Gasteiger charge is 2.27. The van der Waals surface area contributed by atoms with E-state index in [0.29, 0.717) is 6.04 Å². The van der Waals surface area contributed by atoms with Crippen LogP contribution in [0.3, 0.4) is 0 Å². The molecule has 0 aliphatic carbocycles. The molecule has 3 nitrogen and oxygen atoms in total. The molecular weight excluding hydrogens is 186 g/mol. The summed E-state index contributed by atoms with van der Waals surface area (Å²) in [6, 6.07) is 0.542. The lowest BCUT2D eigenvalue weighted by molar-refractivity contribution is 0.449. The topological polar surface area (TPSA) is 29.9 Å². The third kappa shape index (κ3) is 2.23. The highest BCUT2D eigenvalue weighted by molar-refractivity contribution is 5.13. The van der Waals surface area contributed by atoms with E-state index >= 15 is 0 Å². The van der Waals surface area contributed by atoms with E-state index in [1.807, 2.05) is 6.20 Å². The van der Waals surface area contributed by atoms with Crippen LogP contribution in [-0.2, 0) is 6.54 Å². The zero-order valence-electron chi connectivity index (χ0n) is 9.74. The van der Waals surface area contributed by atoms with Crippen LogP contribution in [0.2, 0.25) is 0 Å². The van der Waals surface area contributed by atoms with Crippen LogP contribution in [0.15, 0.2) is 12.4 Å². The quantitative estimate of drug-likeness (QED) is 0.821. The summed E-state index contributed by atoms with van der Waals surface area (Å²) in [7, 11) is 0. The molecule has 0 saturated carbocycles. The van der Waals surface area contributed by atoms with Gasteiger partial charge >= 0.3 is 0 Å². The van der Waals surface area contributed by atoms with Gasteiger partial charge in [0.25, 0.3) is 0 Å². The first-order valence-electron chi connectivity index (χ1n) is 6.10. The van der Waals surface area contributed by atoms with E-state index in [0.717, 1.165) is 25.4 Å². The molecule has 15 heavy (non-hydrogen) atoms. The van der Waals surface area contributed by atoms with Crippen LogP contribution in [0, 0.1) is 5.92 Å². The van der Waals surface area contributed by atoms with E-state index in [-0.39, 0.29) is 0 Å². The predicted molar refractivity (Wildman–Crippen MR) is 61.7 cm³/mol. The minimum Gasteiger partial charge on any atom is -0.310 e. The maximum Gasteiger partial charge on any atom is 0.0537 e. The number of nitrogens with zero attached hydrogens (tertiary/aromatic N) is 2. The number of hydrogen-bond donors (Lipinski definition) is 1. The van der Waals surface area contributed by atoms with Gasteiger partial charge in [0.1, 0.15) is 0 Å². The lowest BCUT2D eigenvalue weighted by atomic mass is 9.94. The molecule has 1 fully saturated rings. The van der Waals surface area contributed by atoms with Crippen LogP contribution in [-0.4, -0.2) is 16.3 Å². The molecule has 0 spiro atoms. The summed E-state index contributed by atoms with van der Waals surface area (Å²) in [4.78, 5) is 0. The van der Waals surface area contributed by atoms with E-state index in [2.05, 4.69) is 35.1 Å². The van der Waals surface area contributed by atoms with Crippen LogP contribution >= 0.6 is 0 Å². The Kier molecular flexibility index (Phi) is 3.41. The smallest absolute Gasteiger partial charge is 0.0537 e. The summed E-state index contributed by atoms with van der Waals surface area (Å²) in [6.45, 7) is 6.65. The van der Waals surface area contributed by atoms with E-state index in [1.165, 1.54) is 18.4 Å². The molecule has 1 aliphatic rings. The van der Waals surface area contributed by atoms with E-state index in [1.54, 1.807) is 0 Å². The second kappa shape index (κ2) is 4.79. The van der Waals surface area contributed by atoms with Gasteiger partial charge in [0.15, 0.2) is 0 Å². The van der Waals surface area contributed by atoms with Crippen molar-refractivity contribution in [3.05, 3.63) is 18.0 Å². The molecule has 3 heteroatoms. The van der Waals surface area contributed by atoms with Crippen molar-refractivity contribution in [3.63, 3.8) is 0 Å². The third-order valence-electron chi connectivity index (χ3n) is 3.34. The lowest BCUT2D eigenvalue weighted by Crippen LogP contribution is -2.16. The molecule has 0 aromatic carbocycles. The second-order valence-corrected chi connectivity index (χ2v) is 4.43. The average molecular weight is 207 g/mol. The molecular formula is C12H21N3. The zero-order valence-corrected chi connectivity index (χ0v) is 9.74. The van der Waals surface area contributed by atoms with Crippen molar-refractivity contribution in [2.75, 3.05) is 6.54 Å². The predicted octanol–water partition coefficient (Wildman–Crippen LogP) is 2.35. The van der Waals surface area contributed by atoms with Gasteiger partial charge < -0.3 is 5.32 Å². The number of aromatic nitrogens is 2. The zero-order chi connectivity index (χ0) is 10.7. The standard InChI is InChI=1S/C12H21N3/c1-3-7-15-9-11(8-14-15)12-10(4-2)5-6-13-12/h8-10,12-13H,3-7H2,1-2H3. The van der Waals surface area contributed by atoms with E-state index < -0.39 is 0 Å². The summed E-state index contributed by atoms with van der Waals surface area (Å²) < 4.78 is 2.06. The number of nitrogens with one attached hydrogen (secondary N) is 1. The molecule has 2 unspecified atom stereocenters. The molecule has 1 aromatic rings. The first-order chi connectivity index (χ1) is 7.35. The van der Waals surface area contributed by atoms with Crippen molar-refractivity contribution in [3.8, 4) is 0 Å². The molecule has 2 heterocycles. The van der Waals surface area contributed by atoms with Gasteiger partial charge in [-0.2, -0.15) is 5.10 Å². The van der Waals surface area contributed by atoms with Crippen LogP contribution in [0.4, 0.5) is 0 Å². The van der Waals surface area contributed by atoms with Crippen molar-refractivity contribution >= 4 is 0 Å². The molecule has 0 radical (unpaired) electrons. The normalized spacial score (nSPS) is 26.0. The van der Waals surface area contributed by atoms with Crippen molar-refractivity contribution in [2.45, 2.75) is 45.7 Å². The van der Waals surface area contributed by atoms with Gasteiger partial charge in [-0.15, -0.1) is 0 Å². The van der Waals surface area contributed by atoms with Crippen molar-refractivity contribution < 1.29 is 0 Å². The SMILES string of the molecule is CCCn1cc(C2NCCC2CC)cn1. The molecule has 1 aromatic heterocycles. The average Bonchev–Trinajstić information content (AvgIpc) is 2.84. The summed E-state index contributed by atoms with van der Waals surface area (Å²) >= 11 is 0. The molecule has 2 rings (SSSR count). The van der Waals surface area contributed by atoms with Gasteiger partial charge in [-0.25, -0.2) is 0 Å². The fraction of sp³-hybridized carbons (Fsp3) is 0.750. The lowest BCUT2D eigenvalue weighted by Gasteiger charge is -2.15. The maximum absolute atomic E-state index is 4.40. The van der Waals surface area contributed by atoms with Gasteiger partial charge in [-0.3, -0.25) is 4.68 Å². The minimum absolute atomic E-state index is 0.542. The highest BCUT2D eigenvalue weighted by Crippen LogP contribution is 2.31. The van der Waals surface area contributed by atoms with E-state index in [9.17, 15) is 0 Å². The minimum atomic E-state index is 0.542. The Morgan fingerprint density at radius 1 is 1.53 bits per heavy atom. The molecule has 0 bridgehead atoms. The Bertz CT molecular complexity index is 306. The summed E-state index contributed by atoms with van der Waals surface area (Å²) in [5, 5.41) is 7.97. The second-order valence-electron chi connectivity index (χ2n) is 4.43. The maximum atomic E-state index is 4.40. The Morgan fingerprint density at radius 2 is 2.40 bits per heavy atom. The van der Waals surface area contributed by atoms with Gasteiger partial charge in [-0.1, -0.05) is 20.3 Å². The van der Waals surface area contributed by atoms with Gasteiger partial charge in [0, 0.05) is 24.3 Å². The van der Waals surface area contributed by atoms with Crippen LogP contribution in [0.1, 0.15) is 44.7 Å². The Labute approximate surface area is 91.9 Å². The number of rotatable bonds is 4. The molecule has 0 amide bonds. The number of aryl methyl sites for hydroxylation is 1.